The molecule has 0 rings (SSSR count). The molecule has 0 bridgehead atoms. The zero-order valence-corrected chi connectivity index (χ0v) is 7.10. The van der Waals surface area contributed by atoms with Crippen LogP contribution in [0.5, 0.6) is 0 Å². The zero-order valence-electron chi connectivity index (χ0n) is 5.39. The van der Waals surface area contributed by atoms with Gasteiger partial charge in [0.2, 0.25) is 0 Å². The van der Waals surface area contributed by atoms with Gasteiger partial charge in [-0.1, -0.05) is 5.92 Å². The summed E-state index contributed by atoms with van der Waals surface area (Å²) in [6, 6.07) is 0. The van der Waals surface area contributed by atoms with Crippen LogP contribution in [-0.2, 0) is 23.4 Å². The minimum absolute atomic E-state index is 0.346. The predicted molar refractivity (Wildman–Crippen MR) is 37.3 cm³/mol. The third kappa shape index (κ3) is 5.95. The van der Waals surface area contributed by atoms with Crippen LogP contribution in [0.4, 0.5) is 0 Å². The Kier molecular flexibility index (Phi) is 4.99. The van der Waals surface area contributed by atoms with Gasteiger partial charge in [-0.2, -0.15) is 8.42 Å². The van der Waals surface area contributed by atoms with Crippen LogP contribution in [0.25, 0.3) is 0 Å². The van der Waals surface area contributed by atoms with Crippen LogP contribution in [0.1, 0.15) is 0 Å². The van der Waals surface area contributed by atoms with Gasteiger partial charge in [0.1, 0.15) is 6.61 Å². The third-order valence-electron chi connectivity index (χ3n) is 0.572. The molecule has 0 aromatic carbocycles. The van der Waals surface area contributed by atoms with Gasteiger partial charge in [-0.3, -0.25) is 8.71 Å². The molecule has 0 aliphatic carbocycles. The fourth-order valence-electron chi connectivity index (χ4n) is 0.244. The summed E-state index contributed by atoms with van der Waals surface area (Å²) in [6.07, 6.45) is 4.72. The minimum Gasteiger partial charge on any atom is -0.275 e. The van der Waals surface area contributed by atoms with E-state index in [1.165, 1.54) is 0 Å². The van der Waals surface area contributed by atoms with Gasteiger partial charge in [0.25, 0.3) is 10.1 Å². The largest absolute Gasteiger partial charge is 0.328 e. The van der Waals surface area contributed by atoms with E-state index in [1.54, 1.807) is 0 Å². The highest BCUT2D eigenvalue weighted by Crippen LogP contribution is 2.00. The topological polar surface area (TPSA) is 69.7 Å². The van der Waals surface area contributed by atoms with E-state index in [0.717, 1.165) is 0 Å². The van der Waals surface area contributed by atoms with Gasteiger partial charge in [0.15, 0.2) is 5.94 Å². The minimum atomic E-state index is -3.78. The van der Waals surface area contributed by atoms with Crippen molar-refractivity contribution in [2.24, 2.45) is 0 Å². The summed E-state index contributed by atoms with van der Waals surface area (Å²) in [7, 11) is -4.49. The Morgan fingerprint density at radius 1 is 1.55 bits per heavy atom. The molecule has 0 atom stereocenters. The van der Waals surface area contributed by atoms with Crippen LogP contribution in [0.3, 0.4) is 0 Å². The number of hydrogen-bond acceptors (Lipinski definition) is 5. The molecule has 11 heavy (non-hydrogen) atoms. The molecule has 0 aromatic heterocycles. The number of hydrogen-bond donors (Lipinski definition) is 0. The molecule has 0 aliphatic rings. The van der Waals surface area contributed by atoms with E-state index in [0.29, 0.717) is 0 Å². The number of rotatable bonds is 5. The van der Waals surface area contributed by atoms with Crippen LogP contribution in [0.2, 0.25) is 0 Å². The fraction of sp³-hybridized carbons (Fsp3) is 0.500. The Morgan fingerprint density at radius 3 is 2.64 bits per heavy atom. The summed E-state index contributed by atoms with van der Waals surface area (Å²) in [5.41, 5.74) is 0. The van der Waals surface area contributed by atoms with E-state index in [1.807, 2.05) is 5.92 Å². The van der Waals surface area contributed by atoms with Crippen LogP contribution in [0, 0.1) is 12.3 Å². The van der Waals surface area contributed by atoms with E-state index in [9.17, 15) is 13.0 Å². The molecule has 0 radical (unpaired) electrons. The smallest absolute Gasteiger partial charge is 0.275 e. The Labute approximate surface area is 66.1 Å². The van der Waals surface area contributed by atoms with Crippen molar-refractivity contribution in [2.45, 2.75) is 0 Å². The zero-order chi connectivity index (χ0) is 8.74. The van der Waals surface area contributed by atoms with Crippen molar-refractivity contribution in [1.29, 1.82) is 0 Å². The Bertz CT molecular complexity index is 250. The van der Waals surface area contributed by atoms with Gasteiger partial charge in [0, 0.05) is 0 Å². The van der Waals surface area contributed by atoms with Crippen molar-refractivity contribution in [3.63, 3.8) is 0 Å². The van der Waals surface area contributed by atoms with E-state index in [-0.39, 0.29) is 6.61 Å². The predicted octanol–water partition coefficient (Wildman–Crippen LogP) is 0.147. The van der Waals surface area contributed by atoms with Gasteiger partial charge in [-0.25, -0.2) is 4.57 Å². The Balaban J connectivity index is 3.83. The van der Waals surface area contributed by atoms with Gasteiger partial charge in [-0.15, -0.1) is 6.42 Å². The maximum absolute atomic E-state index is 10.6. The molecule has 0 fully saturated rings. The maximum atomic E-state index is 10.6. The molecular formula is C4H5O5PS. The molecule has 7 heteroatoms. The first-order valence-electron chi connectivity index (χ1n) is 2.37. The average Bonchev–Trinajstić information content (AvgIpc) is 1.97. The first-order chi connectivity index (χ1) is 5.12. The van der Waals surface area contributed by atoms with Crippen LogP contribution < -0.4 is 0 Å². The third-order valence-corrected chi connectivity index (χ3v) is 1.86. The first-order valence-corrected chi connectivity index (χ1v) is 4.68. The lowest BCUT2D eigenvalue weighted by Gasteiger charge is -1.97. The van der Waals surface area contributed by atoms with Crippen LogP contribution in [0.15, 0.2) is 0 Å². The molecule has 0 aliphatic heterocycles. The standard InChI is InChI=1S/C4H5O5PS/c1-2-3-9-11(6,7)4-8-10-5/h1H,3-4H2. The second kappa shape index (κ2) is 5.22. The molecule has 0 saturated heterocycles. The van der Waals surface area contributed by atoms with E-state index < -0.39 is 24.7 Å². The highest BCUT2D eigenvalue weighted by atomic mass is 32.2. The van der Waals surface area contributed by atoms with E-state index >= 15 is 0 Å². The van der Waals surface area contributed by atoms with Crippen molar-refractivity contribution >= 4 is 18.8 Å². The molecule has 62 valence electrons. The summed E-state index contributed by atoms with van der Waals surface area (Å²) in [5, 5.41) is 0. The lowest BCUT2D eigenvalue weighted by molar-refractivity contribution is 0.323. The van der Waals surface area contributed by atoms with Crippen molar-refractivity contribution in [2.75, 3.05) is 12.5 Å². The van der Waals surface area contributed by atoms with Crippen molar-refractivity contribution < 1.29 is 21.7 Å². The SMILES string of the molecule is C#CCOS(=O)(=O)COP=O. The fourth-order valence-corrected chi connectivity index (χ4v) is 1.25. The maximum Gasteiger partial charge on any atom is 0.328 e. The first kappa shape index (κ1) is 10.5. The van der Waals surface area contributed by atoms with Gasteiger partial charge in [-0.05, 0) is 0 Å². The van der Waals surface area contributed by atoms with Crippen molar-refractivity contribution in [3.8, 4) is 12.3 Å². The van der Waals surface area contributed by atoms with Gasteiger partial charge < -0.3 is 0 Å². The monoisotopic (exact) mass is 196 g/mol. The molecule has 5 nitrogen and oxygen atoms in total. The second-order valence-electron chi connectivity index (χ2n) is 1.35. The van der Waals surface area contributed by atoms with Crippen molar-refractivity contribution in [3.05, 3.63) is 0 Å². The normalized spacial score (nSPS) is 11.2. The average molecular weight is 196 g/mol. The Morgan fingerprint density at radius 2 is 2.18 bits per heavy atom. The molecule has 0 amide bonds. The van der Waals surface area contributed by atoms with E-state index in [2.05, 4.69) is 8.71 Å². The van der Waals surface area contributed by atoms with Crippen LogP contribution >= 0.6 is 8.69 Å². The molecule has 0 unspecified atom stereocenters. The highest BCUT2D eigenvalue weighted by molar-refractivity contribution is 7.86. The summed E-state index contributed by atoms with van der Waals surface area (Å²) in [6.45, 7) is -0.346. The second-order valence-corrected chi connectivity index (χ2v) is 3.34. The quantitative estimate of drug-likeness (QED) is 0.355. The Hall–Kier alpha value is -0.470. The number of terminal acetylenes is 1. The van der Waals surface area contributed by atoms with Crippen molar-refractivity contribution in [1.82, 2.24) is 0 Å². The van der Waals surface area contributed by atoms with Gasteiger partial charge in [0.05, 0.1) is 0 Å². The molecule has 0 saturated carbocycles. The molecule has 0 heterocycles. The summed E-state index contributed by atoms with van der Waals surface area (Å²) >= 11 is 0. The molecular weight excluding hydrogens is 191 g/mol. The summed E-state index contributed by atoms with van der Waals surface area (Å²) in [5.74, 6) is 1.20. The highest BCUT2D eigenvalue weighted by Gasteiger charge is 2.09. The molecule has 0 spiro atoms. The summed E-state index contributed by atoms with van der Waals surface area (Å²) in [4.78, 5) is 0. The van der Waals surface area contributed by atoms with Crippen LogP contribution in [-0.4, -0.2) is 21.0 Å². The molecule has 0 aromatic rings. The summed E-state index contributed by atoms with van der Waals surface area (Å²) < 4.78 is 38.9. The lowest BCUT2D eigenvalue weighted by atomic mass is 10.8. The molecule has 0 N–H and O–H groups in total. The van der Waals surface area contributed by atoms with Gasteiger partial charge >= 0.3 is 8.69 Å². The lowest BCUT2D eigenvalue weighted by Crippen LogP contribution is -2.10. The van der Waals surface area contributed by atoms with E-state index in [4.69, 9.17) is 6.42 Å².